The quantitative estimate of drug-likeness (QED) is 0.0443. The number of halogens is 5. The Labute approximate surface area is 895 Å². The first kappa shape index (κ1) is 130. The normalized spacial score (nSPS) is 13.8. The largest absolute Gasteiger partial charge is 1.00 e. The Morgan fingerprint density at radius 2 is 1.05 bits per heavy atom. The second-order valence-corrected chi connectivity index (χ2v) is 53.2. The Morgan fingerprint density at radius 1 is 0.597 bits per heavy atom. The van der Waals surface area contributed by atoms with Gasteiger partial charge in [-0.1, -0.05) is 24.3 Å². The van der Waals surface area contributed by atoms with Gasteiger partial charge in [0, 0.05) is 276 Å². The molecule has 0 spiro atoms. The van der Waals surface area contributed by atoms with Crippen molar-refractivity contribution in [3.05, 3.63) is 167 Å². The van der Waals surface area contributed by atoms with Crippen molar-refractivity contribution in [3.63, 3.8) is 0 Å². The Morgan fingerprint density at radius 3 is 1.40 bits per heavy atom. The summed E-state index contributed by atoms with van der Waals surface area (Å²) in [6, 6.07) is 15.7. The SMILES string of the molecule is BrC1=CCN=C1.Brc1cnc2c(c1)CCC2.Brc1cnnnc1.C1=C(N2CCCC2)CCC1.CC(C)(C)OC(=O)Cn1cc(C(N)=O)c2cc(-c3cnc4c(c3)CCC4)ccc21.CC(C)(C)OC(=O)Cn1cc(C(N)=O)c2cc(B3OC(C)(C)C(C)(C)O3)ccc21.NS(=O)(=O)O.Nn1cc(Br)cn1.S.S.S=S=S.S=S=S=S.S=S=S=S=S.S=S=S=S=S=S.[Na+].[O-][I+3]([O-])([O-])[O-]. The molecule has 3 aliphatic carbocycles. The number of pyridine rings is 2. The molecule has 129 heavy (non-hydrogen) atoms. The molecule has 2 saturated heterocycles. The van der Waals surface area contributed by atoms with Crippen molar-refractivity contribution in [2.45, 2.75) is 175 Å². The molecular formula is C71H94BBr4IN15NaO15S21. The van der Waals surface area contributed by atoms with Gasteiger partial charge < -0.3 is 50.1 Å². The number of likely N-dealkylation sites (tertiary alicyclic amines) is 1. The second kappa shape index (κ2) is 67.9. The van der Waals surface area contributed by atoms with E-state index in [1.807, 2.05) is 124 Å². The molecule has 6 aliphatic rings. The maximum Gasteiger partial charge on any atom is 1.00 e. The van der Waals surface area contributed by atoms with E-state index in [0.29, 0.717) is 22.0 Å². The number of carbonyl (C=O) groups is 4. The average Bonchev–Trinajstić information content (AvgIpc) is 1.60. The number of carbonyl (C=O) groups excluding carboxylic acids is 4. The number of aromatic nitrogens is 9. The van der Waals surface area contributed by atoms with Crippen LogP contribution in [0.1, 0.15) is 157 Å². The predicted molar refractivity (Wildman–Crippen MR) is 567 cm³/mol. The van der Waals surface area contributed by atoms with Gasteiger partial charge in [-0.2, -0.15) is 45.3 Å². The van der Waals surface area contributed by atoms with Crippen LogP contribution in [-0.2, 0) is 256 Å². The molecule has 8 aromatic rings. The molecule has 58 heteroatoms. The molecular weight excluding hydrogens is 2460 g/mol. The molecule has 30 nitrogen and oxygen atoms in total. The number of ether oxygens (including phenoxy) is 2. The number of allylic oxidation sites excluding steroid dienone is 3. The van der Waals surface area contributed by atoms with Crippen molar-refractivity contribution in [1.82, 2.24) is 49.3 Å². The van der Waals surface area contributed by atoms with Crippen LogP contribution in [0.2, 0.25) is 0 Å². The van der Waals surface area contributed by atoms with Gasteiger partial charge in [0.2, 0.25) is 0 Å². The van der Waals surface area contributed by atoms with Crippen LogP contribution < -0.4 is 91.3 Å². The third-order valence-electron chi connectivity index (χ3n) is 16.8. The van der Waals surface area contributed by atoms with Crippen molar-refractivity contribution in [2.75, 3.05) is 25.5 Å². The molecule has 2 amide bonds. The zero-order valence-electron chi connectivity index (χ0n) is 70.9. The van der Waals surface area contributed by atoms with Crippen LogP contribution in [0.4, 0.5) is 0 Å². The van der Waals surface area contributed by atoms with Gasteiger partial charge in [0.1, 0.15) is 44.4 Å². The van der Waals surface area contributed by atoms with Crippen molar-refractivity contribution >= 4 is 344 Å². The van der Waals surface area contributed by atoms with Gasteiger partial charge in [-0.05, 0) is 267 Å². The fourth-order valence-electron chi connectivity index (χ4n) is 11.4. The first-order valence-electron chi connectivity index (χ1n) is 36.3. The fraction of sp³-hybridized carbons (Fsp3) is 0.423. The molecule has 3 aliphatic heterocycles. The van der Waals surface area contributed by atoms with Gasteiger partial charge in [0.25, 0.3) is 11.8 Å². The van der Waals surface area contributed by atoms with Crippen LogP contribution in [0.25, 0.3) is 32.9 Å². The molecule has 0 radical (unpaired) electrons. The van der Waals surface area contributed by atoms with E-state index in [2.05, 4.69) is 217 Å². The van der Waals surface area contributed by atoms with E-state index < -0.39 is 71.7 Å². The summed E-state index contributed by atoms with van der Waals surface area (Å²) in [5.41, 5.74) is 20.9. The van der Waals surface area contributed by atoms with Crippen LogP contribution in [-0.4, -0.2) is 141 Å². The molecule has 0 atom stereocenters. The number of primary amides is 2. The second-order valence-electron chi connectivity index (χ2n) is 28.7. The zero-order valence-corrected chi connectivity index (χ0v) is 98.9. The molecule has 9 N–H and O–H groups in total. The van der Waals surface area contributed by atoms with E-state index in [1.165, 1.54) is 172 Å². The number of hydrogen-bond donors (Lipinski definition) is 5. The number of esters is 2. The fourth-order valence-corrected chi connectivity index (χ4v) is 20.8. The number of nitrogens with two attached hydrogens (primary N) is 4. The van der Waals surface area contributed by atoms with E-state index in [-0.39, 0.29) is 81.6 Å². The molecule has 0 saturated carbocycles. The molecule has 0 bridgehead atoms. The van der Waals surface area contributed by atoms with Crippen LogP contribution in [0.3, 0.4) is 0 Å². The summed E-state index contributed by atoms with van der Waals surface area (Å²) >= 11 is 41.9. The maximum atomic E-state index is 12.3. The van der Waals surface area contributed by atoms with Crippen LogP contribution in [0, 0.1) is 0 Å². The standard InChI is InChI=1S/C23H25N3O3.C21H29BN2O5.C9H15N.C8H8BrN.C4H4BrN.C3H4BrN3.C3H2BrN3.IO4.H3NO3S.Na.S6.S5.S4.S3.2H2S/c1-23(2,3)29-21(27)13-26-12-18(22(24)28)17-10-14(7-8-20(17)26)16-9-15-5-4-6-19(15)25-11-16;1-19(2,3)27-17(25)12-24-11-15(18(23)26)14-10-13(8-9-16(14)24)22-28-20(4,5)21(6,7)29-22;1-2-6-9(5-1)10-7-3-4-8-10;9-7-4-6-2-1-3-8(6)10-5-7;5-4-1-2-6-3-4;4-3-1-6-7(5)2-3;4-3-1-5-7-6-2-3;2-1(3,4)5;1-5(2,3)4;;1-3-5-6-4-2;1-3-5-4-2;1-3-4-2;1-3-2;;/h7-12H,4-6,13H2,1-3H3,(H2,24,28);8-11H,12H2,1-7H3,(H2,23,26);5H,1-4,6-8H2;4-5H,1-3H2;1,3H,2H2;1-2H,5H2;1-2H;;(H3,1,2,3,4);;;;;;2*1H2/q;;;;;;;-1;;+1;;;;;;. The number of aliphatic imine (C=N–C) groups is 1. The molecule has 708 valence electrons. The van der Waals surface area contributed by atoms with Crippen LogP contribution in [0.15, 0.2) is 139 Å². The molecule has 0 unspecified atom stereocenters. The summed E-state index contributed by atoms with van der Waals surface area (Å²) in [4.78, 5) is 65.2. The number of aryl methyl sites for hydroxylation is 4. The number of nitrogens with zero attached hydrogens (tertiary/aromatic N) is 11. The van der Waals surface area contributed by atoms with Crippen LogP contribution in [0.5, 0.6) is 0 Å². The summed E-state index contributed by atoms with van der Waals surface area (Å²) < 4.78 is 90.0. The molecule has 2 fully saturated rings. The van der Waals surface area contributed by atoms with Crippen molar-refractivity contribution in [2.24, 2.45) is 21.6 Å². The number of fused-ring (bicyclic) bond motifs is 4. The Kier molecular flexibility index (Phi) is 68.3. The van der Waals surface area contributed by atoms with Gasteiger partial charge >= 0.3 is 58.9 Å². The summed E-state index contributed by atoms with van der Waals surface area (Å²) in [7, 11) is 8.12. The Bertz CT molecular complexity index is 5580. The van der Waals surface area contributed by atoms with Gasteiger partial charge in [0.15, 0.2) is 0 Å². The summed E-state index contributed by atoms with van der Waals surface area (Å²) in [5.74, 6) is 3.31. The number of amides is 2. The summed E-state index contributed by atoms with van der Waals surface area (Å²) in [5, 5.41) is 19.2. The van der Waals surface area contributed by atoms with Crippen LogP contribution >= 0.6 is 90.7 Å². The minimum absolute atomic E-state index is 0. The van der Waals surface area contributed by atoms with Crippen molar-refractivity contribution in [3.8, 4) is 11.1 Å². The smallest absolute Gasteiger partial charge is 0.459 e. The van der Waals surface area contributed by atoms with Gasteiger partial charge in [-0.3, -0.25) is 52.4 Å². The number of rotatable bonds is 9. The topological polar surface area (TPSA) is 464 Å². The van der Waals surface area contributed by atoms with E-state index in [4.69, 9.17) is 62.8 Å². The van der Waals surface area contributed by atoms with Crippen molar-refractivity contribution in [1.29, 1.82) is 0 Å². The minimum Gasteiger partial charge on any atom is -0.459 e. The third kappa shape index (κ3) is 55.9. The van der Waals surface area contributed by atoms with Gasteiger partial charge in [0.05, 0.1) is 62.6 Å². The van der Waals surface area contributed by atoms with Gasteiger partial charge in [-0.15, -0.1) is 10.2 Å². The monoisotopic (exact) mass is 2540 g/mol. The molecule has 14 rings (SSSR count). The molecule has 9 heterocycles. The summed E-state index contributed by atoms with van der Waals surface area (Å²) in [6.07, 6.45) is 33.4. The Hall–Kier alpha value is -1.33. The Balaban J connectivity index is 0. The maximum absolute atomic E-state index is 12.3. The van der Waals surface area contributed by atoms with Crippen molar-refractivity contribution < 1.29 is 114 Å². The molecule has 6 aromatic heterocycles. The predicted octanol–water partition coefficient (Wildman–Crippen LogP) is 1.02. The minimum atomic E-state index is -5.94. The van der Waals surface area contributed by atoms with E-state index >= 15 is 0 Å². The first-order chi connectivity index (χ1) is 59.0. The number of hydrogen-bond acceptors (Lipinski definition) is 31. The zero-order chi connectivity index (χ0) is 95.2. The van der Waals surface area contributed by atoms with E-state index in [0.717, 1.165) is 80.1 Å². The number of benzene rings is 2. The number of nitrogen functional groups attached to an aromatic ring is 1. The molecule has 2 aromatic carbocycles. The first-order valence-corrected chi connectivity index (χ1v) is 63.2. The third-order valence-corrected chi connectivity index (χ3v) is 31.9. The van der Waals surface area contributed by atoms with E-state index in [9.17, 15) is 19.2 Å². The van der Waals surface area contributed by atoms with E-state index in [1.54, 1.807) is 58.2 Å². The summed E-state index contributed by atoms with van der Waals surface area (Å²) in [6.45, 7) is 22.3. The average molecular weight is 2550 g/mol. The van der Waals surface area contributed by atoms with Gasteiger partial charge in [-0.25, -0.2) is 5.14 Å².